The summed E-state index contributed by atoms with van der Waals surface area (Å²) in [6.07, 6.45) is 3.63. The third-order valence-corrected chi connectivity index (χ3v) is 4.05. The highest BCUT2D eigenvalue weighted by Crippen LogP contribution is 2.30. The quantitative estimate of drug-likeness (QED) is 0.890. The van der Waals surface area contributed by atoms with Gasteiger partial charge in [0.15, 0.2) is 0 Å². The van der Waals surface area contributed by atoms with Crippen molar-refractivity contribution in [2.45, 2.75) is 25.3 Å². The monoisotopic (exact) mass is 292 g/mol. The van der Waals surface area contributed by atoms with E-state index in [1.807, 2.05) is 6.07 Å². The van der Waals surface area contributed by atoms with E-state index < -0.39 is 6.09 Å². The molecule has 1 aromatic heterocycles. The summed E-state index contributed by atoms with van der Waals surface area (Å²) in [5.41, 5.74) is 0.800. The molecule has 0 aromatic carbocycles. The molecule has 2 aliphatic rings. The molecule has 1 unspecified atom stereocenters. The van der Waals surface area contributed by atoms with Gasteiger partial charge in [-0.05, 0) is 25.3 Å². The van der Waals surface area contributed by atoms with Crippen molar-refractivity contribution in [3.05, 3.63) is 18.0 Å². The van der Waals surface area contributed by atoms with E-state index in [0.29, 0.717) is 25.7 Å². The van der Waals surface area contributed by atoms with Crippen LogP contribution in [0.4, 0.5) is 10.7 Å². The van der Waals surface area contributed by atoms with Crippen LogP contribution in [-0.2, 0) is 4.74 Å². The summed E-state index contributed by atoms with van der Waals surface area (Å²) in [6, 6.07) is 1.68. The topological polar surface area (TPSA) is 78.8 Å². The van der Waals surface area contributed by atoms with Crippen LogP contribution in [0.5, 0.6) is 0 Å². The lowest BCUT2D eigenvalue weighted by atomic mass is 10.00. The van der Waals surface area contributed by atoms with Crippen molar-refractivity contribution in [2.24, 2.45) is 0 Å². The first-order valence-electron chi connectivity index (χ1n) is 7.41. The van der Waals surface area contributed by atoms with Gasteiger partial charge in [-0.25, -0.2) is 14.8 Å². The highest BCUT2D eigenvalue weighted by molar-refractivity contribution is 5.65. The van der Waals surface area contributed by atoms with Gasteiger partial charge in [0.05, 0.1) is 24.9 Å². The number of hydrogen-bond acceptors (Lipinski definition) is 5. The number of ether oxygens (including phenoxy) is 1. The fourth-order valence-electron chi connectivity index (χ4n) is 2.93. The third kappa shape index (κ3) is 3.07. The summed E-state index contributed by atoms with van der Waals surface area (Å²) in [5, 5.41) is 9.34. The van der Waals surface area contributed by atoms with Crippen LogP contribution in [0.15, 0.2) is 12.3 Å². The summed E-state index contributed by atoms with van der Waals surface area (Å²) in [5.74, 6) is 0.673. The van der Waals surface area contributed by atoms with Gasteiger partial charge < -0.3 is 14.7 Å². The zero-order chi connectivity index (χ0) is 14.7. The largest absolute Gasteiger partial charge is 0.465 e. The van der Waals surface area contributed by atoms with E-state index in [2.05, 4.69) is 14.9 Å². The fourth-order valence-corrected chi connectivity index (χ4v) is 2.93. The maximum absolute atomic E-state index is 11.4. The molecule has 2 saturated heterocycles. The average Bonchev–Trinajstić information content (AvgIpc) is 2.56. The standard InChI is InChI=1S/C14H20N4O3/c19-14(20)18-6-2-1-3-12(18)11-4-5-15-13(16-11)17-7-9-21-10-8-17/h4-5,12H,1-3,6-10H2,(H,19,20). The number of rotatable bonds is 2. The van der Waals surface area contributed by atoms with Crippen LogP contribution < -0.4 is 4.90 Å². The molecule has 114 valence electrons. The lowest BCUT2D eigenvalue weighted by Gasteiger charge is -2.33. The zero-order valence-electron chi connectivity index (χ0n) is 11.9. The molecule has 7 heteroatoms. The summed E-state index contributed by atoms with van der Waals surface area (Å²) < 4.78 is 5.33. The fraction of sp³-hybridized carbons (Fsp3) is 0.643. The second-order valence-corrected chi connectivity index (χ2v) is 5.37. The first-order chi connectivity index (χ1) is 10.3. The lowest BCUT2D eigenvalue weighted by Crippen LogP contribution is -2.39. The first-order valence-corrected chi connectivity index (χ1v) is 7.41. The second-order valence-electron chi connectivity index (χ2n) is 5.37. The Morgan fingerprint density at radius 3 is 2.86 bits per heavy atom. The Balaban J connectivity index is 1.82. The molecule has 2 aliphatic heterocycles. The number of carbonyl (C=O) groups is 1. The van der Waals surface area contributed by atoms with E-state index in [1.54, 1.807) is 6.20 Å². The van der Waals surface area contributed by atoms with Gasteiger partial charge in [0.1, 0.15) is 0 Å². The predicted molar refractivity (Wildman–Crippen MR) is 76.4 cm³/mol. The maximum atomic E-state index is 11.4. The molecule has 3 heterocycles. The normalized spacial score (nSPS) is 23.1. The van der Waals surface area contributed by atoms with Gasteiger partial charge in [0.2, 0.25) is 5.95 Å². The Hall–Kier alpha value is -1.89. The molecule has 0 saturated carbocycles. The Bertz CT molecular complexity index is 505. The van der Waals surface area contributed by atoms with Crippen molar-refractivity contribution in [2.75, 3.05) is 37.7 Å². The van der Waals surface area contributed by atoms with Crippen molar-refractivity contribution in [1.82, 2.24) is 14.9 Å². The SMILES string of the molecule is O=C(O)N1CCCCC1c1ccnc(N2CCOCC2)n1. The summed E-state index contributed by atoms with van der Waals surface area (Å²) >= 11 is 0. The Kier molecular flexibility index (Phi) is 4.19. The third-order valence-electron chi connectivity index (χ3n) is 4.05. The summed E-state index contributed by atoms with van der Waals surface area (Å²) in [6.45, 7) is 3.49. The number of anilines is 1. The lowest BCUT2D eigenvalue weighted by molar-refractivity contribution is 0.105. The van der Waals surface area contributed by atoms with Crippen molar-refractivity contribution in [3.8, 4) is 0 Å². The Labute approximate surface area is 123 Å². The zero-order valence-corrected chi connectivity index (χ0v) is 11.9. The Morgan fingerprint density at radius 2 is 2.10 bits per heavy atom. The number of morpholine rings is 1. The number of piperidine rings is 1. The highest BCUT2D eigenvalue weighted by atomic mass is 16.5. The molecule has 1 amide bonds. The number of aromatic nitrogens is 2. The summed E-state index contributed by atoms with van der Waals surface area (Å²) in [4.78, 5) is 23.9. The number of amides is 1. The van der Waals surface area contributed by atoms with Crippen LogP contribution in [0.3, 0.4) is 0 Å². The van der Waals surface area contributed by atoms with Crippen LogP contribution in [0.1, 0.15) is 31.0 Å². The van der Waals surface area contributed by atoms with Crippen molar-refractivity contribution in [1.29, 1.82) is 0 Å². The van der Waals surface area contributed by atoms with Crippen molar-refractivity contribution >= 4 is 12.0 Å². The number of hydrogen-bond donors (Lipinski definition) is 1. The molecule has 21 heavy (non-hydrogen) atoms. The molecule has 1 aromatic rings. The van der Waals surface area contributed by atoms with Crippen LogP contribution in [0, 0.1) is 0 Å². The molecular formula is C14H20N4O3. The molecule has 1 N–H and O–H groups in total. The van der Waals surface area contributed by atoms with Crippen molar-refractivity contribution < 1.29 is 14.6 Å². The molecule has 0 bridgehead atoms. The molecule has 0 spiro atoms. The van der Waals surface area contributed by atoms with Crippen LogP contribution >= 0.6 is 0 Å². The van der Waals surface area contributed by atoms with Gasteiger partial charge >= 0.3 is 6.09 Å². The summed E-state index contributed by atoms with van der Waals surface area (Å²) in [7, 11) is 0. The predicted octanol–water partition coefficient (Wildman–Crippen LogP) is 1.52. The number of nitrogens with zero attached hydrogens (tertiary/aromatic N) is 4. The van der Waals surface area contributed by atoms with E-state index in [0.717, 1.165) is 38.0 Å². The van der Waals surface area contributed by atoms with Crippen molar-refractivity contribution in [3.63, 3.8) is 0 Å². The maximum Gasteiger partial charge on any atom is 0.407 e. The van der Waals surface area contributed by atoms with Gasteiger partial charge in [-0.1, -0.05) is 0 Å². The average molecular weight is 292 g/mol. The van der Waals surface area contributed by atoms with E-state index in [4.69, 9.17) is 4.74 Å². The molecule has 1 atom stereocenters. The van der Waals surface area contributed by atoms with Crippen LogP contribution in [0.2, 0.25) is 0 Å². The second kappa shape index (κ2) is 6.26. The Morgan fingerprint density at radius 1 is 1.29 bits per heavy atom. The van der Waals surface area contributed by atoms with E-state index in [9.17, 15) is 9.90 Å². The molecule has 0 aliphatic carbocycles. The molecular weight excluding hydrogens is 272 g/mol. The minimum absolute atomic E-state index is 0.154. The van der Waals surface area contributed by atoms with Gasteiger partial charge in [-0.2, -0.15) is 0 Å². The van der Waals surface area contributed by atoms with Gasteiger partial charge in [0, 0.05) is 25.8 Å². The van der Waals surface area contributed by atoms with Gasteiger partial charge in [0.25, 0.3) is 0 Å². The van der Waals surface area contributed by atoms with E-state index in [1.165, 1.54) is 4.90 Å². The van der Waals surface area contributed by atoms with E-state index in [-0.39, 0.29) is 6.04 Å². The van der Waals surface area contributed by atoms with Crippen LogP contribution in [0.25, 0.3) is 0 Å². The molecule has 3 rings (SSSR count). The number of carboxylic acid groups (broad SMARTS) is 1. The van der Waals surface area contributed by atoms with Gasteiger partial charge in [-0.15, -0.1) is 0 Å². The van der Waals surface area contributed by atoms with E-state index >= 15 is 0 Å². The smallest absolute Gasteiger partial charge is 0.407 e. The minimum atomic E-state index is -0.869. The first kappa shape index (κ1) is 14.1. The molecule has 2 fully saturated rings. The molecule has 0 radical (unpaired) electrons. The number of likely N-dealkylation sites (tertiary alicyclic amines) is 1. The molecule has 7 nitrogen and oxygen atoms in total. The highest BCUT2D eigenvalue weighted by Gasteiger charge is 2.29. The van der Waals surface area contributed by atoms with Crippen LogP contribution in [-0.4, -0.2) is 58.9 Å². The van der Waals surface area contributed by atoms with Gasteiger partial charge in [-0.3, -0.25) is 4.90 Å². The minimum Gasteiger partial charge on any atom is -0.465 e.